The number of benzene rings is 4. The predicted molar refractivity (Wildman–Crippen MR) is 176 cm³/mol. The van der Waals surface area contributed by atoms with E-state index in [1.807, 2.05) is 64.1 Å². The maximum Gasteiger partial charge on any atom is 0.264 e. The number of sulfonamides is 1. The average Bonchev–Trinajstić information content (AvgIpc) is 3.02. The summed E-state index contributed by atoms with van der Waals surface area (Å²) in [5.41, 5.74) is 3.48. The second-order valence-electron chi connectivity index (χ2n) is 11.3. The minimum atomic E-state index is -4.19. The lowest BCUT2D eigenvalue weighted by Crippen LogP contribution is -2.54. The molecule has 0 spiro atoms. The van der Waals surface area contributed by atoms with Crippen LogP contribution in [0.2, 0.25) is 0 Å². The van der Waals surface area contributed by atoms with Gasteiger partial charge in [0.25, 0.3) is 10.0 Å². The Hall–Kier alpha value is -4.50. The third-order valence-corrected chi connectivity index (χ3v) is 9.50. The number of carbonyl (C=O) groups excluding carboxylic acids is 2. The molecule has 0 aliphatic heterocycles. The van der Waals surface area contributed by atoms with Gasteiger partial charge >= 0.3 is 0 Å². The van der Waals surface area contributed by atoms with Gasteiger partial charge in [-0.25, -0.2) is 12.8 Å². The molecule has 7 nitrogen and oxygen atoms in total. The number of amides is 2. The van der Waals surface area contributed by atoms with E-state index in [4.69, 9.17) is 0 Å². The fourth-order valence-electron chi connectivity index (χ4n) is 4.93. The zero-order valence-electron chi connectivity index (χ0n) is 26.1. The van der Waals surface area contributed by atoms with E-state index in [1.54, 1.807) is 42.5 Å². The van der Waals surface area contributed by atoms with Gasteiger partial charge in [-0.3, -0.25) is 13.9 Å². The van der Waals surface area contributed by atoms with Crippen molar-refractivity contribution in [2.75, 3.05) is 10.8 Å². The van der Waals surface area contributed by atoms with Gasteiger partial charge in [-0.15, -0.1) is 0 Å². The summed E-state index contributed by atoms with van der Waals surface area (Å²) in [7, 11) is -4.19. The first kappa shape index (κ1) is 33.4. The molecule has 4 rings (SSSR count). The largest absolute Gasteiger partial charge is 0.352 e. The van der Waals surface area contributed by atoms with Crippen LogP contribution in [0.1, 0.15) is 42.5 Å². The average molecular weight is 630 g/mol. The van der Waals surface area contributed by atoms with Gasteiger partial charge in [0, 0.05) is 19.0 Å². The van der Waals surface area contributed by atoms with Gasteiger partial charge in [-0.1, -0.05) is 79.2 Å². The number of hydrogen-bond donors (Lipinski definition) is 1. The minimum absolute atomic E-state index is 0.0310. The summed E-state index contributed by atoms with van der Waals surface area (Å²) in [6.07, 6.45) is 0.886. The third-order valence-electron chi connectivity index (χ3n) is 7.72. The van der Waals surface area contributed by atoms with Gasteiger partial charge in [0.15, 0.2) is 0 Å². The highest BCUT2D eigenvalue weighted by atomic mass is 32.2. The molecule has 236 valence electrons. The first-order valence-corrected chi connectivity index (χ1v) is 16.5. The van der Waals surface area contributed by atoms with Crippen molar-refractivity contribution >= 4 is 27.5 Å². The van der Waals surface area contributed by atoms with Gasteiger partial charge in [0.1, 0.15) is 18.4 Å². The molecule has 0 heterocycles. The van der Waals surface area contributed by atoms with E-state index in [-0.39, 0.29) is 29.8 Å². The standard InChI is InChI=1S/C36H40FN3O4S/c1-5-28(4)38-36(42)34(23-29-11-7-6-8-12-29)39(24-30-16-18-31(37)19-17-30)35(41)25-40(32-13-9-10-27(3)22-32)45(43,44)33-20-14-26(2)15-21-33/h6-22,28,34H,5,23-25H2,1-4H3,(H,38,42). The van der Waals surface area contributed by atoms with E-state index >= 15 is 0 Å². The van der Waals surface area contributed by atoms with Crippen molar-refractivity contribution in [1.29, 1.82) is 0 Å². The molecule has 45 heavy (non-hydrogen) atoms. The van der Waals surface area contributed by atoms with E-state index in [2.05, 4.69) is 5.32 Å². The summed E-state index contributed by atoms with van der Waals surface area (Å²) in [5.74, 6) is -1.36. The highest BCUT2D eigenvalue weighted by Crippen LogP contribution is 2.26. The summed E-state index contributed by atoms with van der Waals surface area (Å²) >= 11 is 0. The fourth-order valence-corrected chi connectivity index (χ4v) is 6.34. The zero-order chi connectivity index (χ0) is 32.6. The van der Waals surface area contributed by atoms with E-state index in [0.717, 1.165) is 21.0 Å². The van der Waals surface area contributed by atoms with Gasteiger partial charge in [0.2, 0.25) is 11.8 Å². The van der Waals surface area contributed by atoms with Gasteiger partial charge in [-0.05, 0) is 80.3 Å². The quantitative estimate of drug-likeness (QED) is 0.191. The lowest BCUT2D eigenvalue weighted by molar-refractivity contribution is -0.140. The summed E-state index contributed by atoms with van der Waals surface area (Å²) in [6, 6.07) is 27.3. The number of hydrogen-bond acceptors (Lipinski definition) is 4. The number of rotatable bonds is 13. The van der Waals surface area contributed by atoms with Crippen molar-refractivity contribution in [2.24, 2.45) is 0 Å². The van der Waals surface area contributed by atoms with Crippen LogP contribution in [0.25, 0.3) is 0 Å². The molecule has 0 saturated heterocycles. The Morgan fingerprint density at radius 2 is 1.49 bits per heavy atom. The number of aryl methyl sites for hydroxylation is 2. The number of nitrogens with one attached hydrogen (secondary N) is 1. The van der Waals surface area contributed by atoms with Crippen molar-refractivity contribution in [3.05, 3.63) is 131 Å². The zero-order valence-corrected chi connectivity index (χ0v) is 26.9. The molecule has 0 aliphatic carbocycles. The Morgan fingerprint density at radius 3 is 2.11 bits per heavy atom. The number of carbonyl (C=O) groups is 2. The lowest BCUT2D eigenvalue weighted by Gasteiger charge is -2.34. The van der Waals surface area contributed by atoms with Crippen LogP contribution in [0, 0.1) is 19.7 Å². The second-order valence-corrected chi connectivity index (χ2v) is 13.2. The molecular formula is C36H40FN3O4S. The Morgan fingerprint density at radius 1 is 0.822 bits per heavy atom. The van der Waals surface area contributed by atoms with E-state index in [0.29, 0.717) is 17.7 Å². The maximum absolute atomic E-state index is 14.5. The topological polar surface area (TPSA) is 86.8 Å². The van der Waals surface area contributed by atoms with Crippen LogP contribution >= 0.6 is 0 Å². The Kier molecular flexibility index (Phi) is 11.1. The molecular weight excluding hydrogens is 589 g/mol. The Bertz CT molecular complexity index is 1690. The highest BCUT2D eigenvalue weighted by molar-refractivity contribution is 7.92. The van der Waals surface area contributed by atoms with Crippen LogP contribution in [0.15, 0.2) is 108 Å². The van der Waals surface area contributed by atoms with Crippen molar-refractivity contribution in [2.45, 2.75) is 64.1 Å². The molecule has 4 aromatic carbocycles. The summed E-state index contributed by atoms with van der Waals surface area (Å²) in [6.45, 7) is 6.96. The number of anilines is 1. The summed E-state index contributed by atoms with van der Waals surface area (Å²) in [4.78, 5) is 29.8. The molecule has 2 unspecified atom stereocenters. The van der Waals surface area contributed by atoms with Crippen LogP contribution in [0.3, 0.4) is 0 Å². The molecule has 0 fully saturated rings. The first-order chi connectivity index (χ1) is 21.5. The van der Waals surface area contributed by atoms with Crippen LogP contribution in [0.5, 0.6) is 0 Å². The fraction of sp³-hybridized carbons (Fsp3) is 0.278. The molecule has 9 heteroatoms. The smallest absolute Gasteiger partial charge is 0.264 e. The summed E-state index contributed by atoms with van der Waals surface area (Å²) in [5, 5.41) is 3.01. The number of halogens is 1. The molecule has 2 atom stereocenters. The van der Waals surface area contributed by atoms with Gasteiger partial charge < -0.3 is 10.2 Å². The Labute approximate surface area is 265 Å². The molecule has 0 aliphatic rings. The number of nitrogens with zero attached hydrogens (tertiary/aromatic N) is 2. The highest BCUT2D eigenvalue weighted by Gasteiger charge is 2.35. The molecule has 2 amide bonds. The lowest BCUT2D eigenvalue weighted by atomic mass is 10.0. The minimum Gasteiger partial charge on any atom is -0.352 e. The molecule has 0 saturated carbocycles. The van der Waals surface area contributed by atoms with Gasteiger partial charge in [0.05, 0.1) is 10.6 Å². The SMILES string of the molecule is CCC(C)NC(=O)C(Cc1ccccc1)N(Cc1ccc(F)cc1)C(=O)CN(c1cccc(C)c1)S(=O)(=O)c1ccc(C)cc1. The first-order valence-electron chi connectivity index (χ1n) is 15.0. The van der Waals surface area contributed by atoms with Crippen molar-refractivity contribution in [3.8, 4) is 0 Å². The predicted octanol–water partition coefficient (Wildman–Crippen LogP) is 6.19. The van der Waals surface area contributed by atoms with Crippen LogP contribution < -0.4 is 9.62 Å². The molecule has 4 aromatic rings. The van der Waals surface area contributed by atoms with E-state index < -0.39 is 34.3 Å². The van der Waals surface area contributed by atoms with E-state index in [9.17, 15) is 22.4 Å². The van der Waals surface area contributed by atoms with Crippen molar-refractivity contribution < 1.29 is 22.4 Å². The van der Waals surface area contributed by atoms with Crippen LogP contribution in [-0.4, -0.2) is 43.8 Å². The third kappa shape index (κ3) is 8.79. The van der Waals surface area contributed by atoms with Crippen molar-refractivity contribution in [1.82, 2.24) is 10.2 Å². The second kappa shape index (κ2) is 15.0. The molecule has 0 bridgehead atoms. The van der Waals surface area contributed by atoms with Crippen molar-refractivity contribution in [3.63, 3.8) is 0 Å². The van der Waals surface area contributed by atoms with Crippen LogP contribution in [-0.2, 0) is 32.6 Å². The Balaban J connectivity index is 1.80. The maximum atomic E-state index is 14.5. The molecule has 0 aromatic heterocycles. The normalized spacial score (nSPS) is 12.6. The molecule has 1 N–H and O–H groups in total. The summed E-state index contributed by atoms with van der Waals surface area (Å²) < 4.78 is 43.2. The van der Waals surface area contributed by atoms with E-state index in [1.165, 1.54) is 29.2 Å². The monoisotopic (exact) mass is 629 g/mol. The molecule has 0 radical (unpaired) electrons. The van der Waals surface area contributed by atoms with Crippen LogP contribution in [0.4, 0.5) is 10.1 Å². The van der Waals surface area contributed by atoms with Gasteiger partial charge in [-0.2, -0.15) is 0 Å².